The zero-order valence-corrected chi connectivity index (χ0v) is 38.9. The number of aromatic hydroxyl groups is 1. The molecule has 0 amide bonds. The van der Waals surface area contributed by atoms with Crippen molar-refractivity contribution in [1.82, 2.24) is 0 Å². The molecule has 0 aliphatic heterocycles. The first-order valence-electron chi connectivity index (χ1n) is 22.4. The van der Waals surface area contributed by atoms with Crippen molar-refractivity contribution in [3.05, 3.63) is 92.0 Å². The summed E-state index contributed by atoms with van der Waals surface area (Å²) in [5.41, 5.74) is 21.1. The lowest BCUT2D eigenvalue weighted by Crippen LogP contribution is -2.30. The van der Waals surface area contributed by atoms with E-state index in [2.05, 4.69) is 139 Å². The summed E-state index contributed by atoms with van der Waals surface area (Å²) >= 11 is 0. The molecule has 0 saturated heterocycles. The van der Waals surface area contributed by atoms with Crippen LogP contribution < -0.4 is 4.43 Å². The molecule has 2 aliphatic carbocycles. The van der Waals surface area contributed by atoms with Crippen LogP contribution in [0.25, 0.3) is 33.4 Å². The van der Waals surface area contributed by atoms with Gasteiger partial charge in [0.2, 0.25) is 8.32 Å². The van der Waals surface area contributed by atoms with Crippen molar-refractivity contribution in [2.75, 3.05) is 0 Å². The standard InChI is InChI=1S/C53H74O2Si/c1-30(2)38-26-42(32(5)6)48(43(27-38)33(7)8)46-24-36-20-16-18-22-40(36)50(52(46)54)51-41-23-19-17-21-37(41)25-47(53(51)55-56(13,14)15)49-44(34(9)10)28-39(31(3)4)29-45(49)35(11)12/h24-35,54H,16-23H2,1-15H3. The summed E-state index contributed by atoms with van der Waals surface area (Å²) in [4.78, 5) is 0. The minimum atomic E-state index is -2.17. The van der Waals surface area contributed by atoms with Gasteiger partial charge < -0.3 is 9.53 Å². The number of benzene rings is 4. The van der Waals surface area contributed by atoms with E-state index in [4.69, 9.17) is 4.43 Å². The van der Waals surface area contributed by atoms with Crippen molar-refractivity contribution in [1.29, 1.82) is 0 Å². The number of aryl methyl sites for hydroxylation is 2. The largest absolute Gasteiger partial charge is 0.543 e. The lowest BCUT2D eigenvalue weighted by atomic mass is 9.74. The first-order chi connectivity index (χ1) is 26.3. The molecule has 2 nitrogen and oxygen atoms in total. The van der Waals surface area contributed by atoms with Gasteiger partial charge >= 0.3 is 0 Å². The van der Waals surface area contributed by atoms with Crippen molar-refractivity contribution in [2.24, 2.45) is 0 Å². The Kier molecular flexibility index (Phi) is 12.5. The smallest absolute Gasteiger partial charge is 0.242 e. The van der Waals surface area contributed by atoms with Gasteiger partial charge in [0, 0.05) is 22.3 Å². The fourth-order valence-electron chi connectivity index (χ4n) is 9.63. The number of fused-ring (bicyclic) bond motifs is 2. The summed E-state index contributed by atoms with van der Waals surface area (Å²) in [5, 5.41) is 13.4. The van der Waals surface area contributed by atoms with Gasteiger partial charge in [0.25, 0.3) is 0 Å². The topological polar surface area (TPSA) is 29.5 Å². The Morgan fingerprint density at radius 3 is 1.18 bits per heavy atom. The zero-order valence-electron chi connectivity index (χ0n) is 37.9. The molecule has 0 saturated carbocycles. The maximum Gasteiger partial charge on any atom is 0.242 e. The second-order valence-electron chi connectivity index (χ2n) is 20.3. The predicted octanol–water partition coefficient (Wildman–Crippen LogP) is 16.1. The zero-order chi connectivity index (χ0) is 41.0. The minimum Gasteiger partial charge on any atom is -0.543 e. The molecule has 0 unspecified atom stereocenters. The summed E-state index contributed by atoms with van der Waals surface area (Å²) in [6.45, 7) is 35.0. The van der Waals surface area contributed by atoms with Crippen LogP contribution >= 0.6 is 0 Å². The van der Waals surface area contributed by atoms with Gasteiger partial charge in [-0.1, -0.05) is 107 Å². The maximum atomic E-state index is 13.4. The van der Waals surface area contributed by atoms with Gasteiger partial charge in [0.05, 0.1) is 0 Å². The highest BCUT2D eigenvalue weighted by atomic mass is 28.4. The van der Waals surface area contributed by atoms with Crippen molar-refractivity contribution >= 4 is 8.32 Å². The van der Waals surface area contributed by atoms with Crippen LogP contribution in [0.4, 0.5) is 0 Å². The summed E-state index contributed by atoms with van der Waals surface area (Å²) < 4.78 is 7.57. The van der Waals surface area contributed by atoms with Crippen LogP contribution in [0.5, 0.6) is 11.5 Å². The molecular weight excluding hydrogens is 697 g/mol. The second kappa shape index (κ2) is 16.5. The number of hydrogen-bond acceptors (Lipinski definition) is 2. The molecule has 0 fully saturated rings. The van der Waals surface area contributed by atoms with E-state index in [1.54, 1.807) is 0 Å². The van der Waals surface area contributed by atoms with Crippen LogP contribution in [0.1, 0.15) is 200 Å². The molecule has 0 bridgehead atoms. The van der Waals surface area contributed by atoms with Gasteiger partial charge in [-0.05, 0) is 185 Å². The average molecular weight is 771 g/mol. The van der Waals surface area contributed by atoms with E-state index in [0.29, 0.717) is 41.3 Å². The Morgan fingerprint density at radius 1 is 0.446 bits per heavy atom. The molecule has 0 atom stereocenters. The highest BCUT2D eigenvalue weighted by Gasteiger charge is 2.34. The SMILES string of the molecule is CC(C)c1cc(C(C)C)c(-c2cc3c(c(-c4c5c(cc(-c6c(C(C)C)cc(C(C)C)cc6C(C)C)c4O[Si](C)(C)C)CCCC5)c2O)CCCC3)c(C(C)C)c1. The van der Waals surface area contributed by atoms with E-state index in [1.165, 1.54) is 90.7 Å². The van der Waals surface area contributed by atoms with Crippen molar-refractivity contribution in [3.8, 4) is 44.9 Å². The number of phenols is 1. The third-order valence-electron chi connectivity index (χ3n) is 12.7. The average Bonchev–Trinajstić information content (AvgIpc) is 3.12. The van der Waals surface area contributed by atoms with E-state index in [0.717, 1.165) is 55.4 Å². The van der Waals surface area contributed by atoms with E-state index < -0.39 is 8.32 Å². The lowest BCUT2D eigenvalue weighted by molar-refractivity contribution is 0.476. The van der Waals surface area contributed by atoms with Gasteiger partial charge in [-0.3, -0.25) is 0 Å². The molecule has 0 spiro atoms. The Balaban J connectivity index is 1.84. The van der Waals surface area contributed by atoms with Crippen LogP contribution in [-0.2, 0) is 25.7 Å². The fraction of sp³-hybridized carbons (Fsp3) is 0.547. The fourth-order valence-corrected chi connectivity index (χ4v) is 10.5. The van der Waals surface area contributed by atoms with Crippen LogP contribution in [0.2, 0.25) is 19.6 Å². The first kappa shape index (κ1) is 42.3. The highest BCUT2D eigenvalue weighted by molar-refractivity contribution is 6.70. The van der Waals surface area contributed by atoms with Crippen LogP contribution in [0, 0.1) is 0 Å². The van der Waals surface area contributed by atoms with E-state index in [1.807, 2.05) is 0 Å². The molecule has 56 heavy (non-hydrogen) atoms. The summed E-state index contributed by atoms with van der Waals surface area (Å²) in [6.07, 6.45) is 8.81. The Hall–Kier alpha value is -3.30. The van der Waals surface area contributed by atoms with Gasteiger partial charge in [-0.25, -0.2) is 0 Å². The van der Waals surface area contributed by atoms with Crippen LogP contribution in [0.3, 0.4) is 0 Å². The molecule has 2 aliphatic rings. The van der Waals surface area contributed by atoms with Crippen molar-refractivity contribution in [2.45, 2.75) is 190 Å². The number of rotatable bonds is 11. The Morgan fingerprint density at radius 2 is 0.804 bits per heavy atom. The molecule has 4 aromatic rings. The monoisotopic (exact) mass is 771 g/mol. The molecule has 302 valence electrons. The molecule has 3 heteroatoms. The van der Waals surface area contributed by atoms with Crippen LogP contribution in [0.15, 0.2) is 36.4 Å². The normalized spacial score (nSPS) is 14.8. The number of phenolic OH excluding ortho intramolecular Hbond substituents is 1. The predicted molar refractivity (Wildman–Crippen MR) is 246 cm³/mol. The third-order valence-corrected chi connectivity index (χ3v) is 13.5. The van der Waals surface area contributed by atoms with Crippen molar-refractivity contribution in [3.63, 3.8) is 0 Å². The Labute approximate surface area is 343 Å². The second-order valence-corrected chi connectivity index (χ2v) is 24.7. The molecule has 1 N–H and O–H groups in total. The summed E-state index contributed by atoms with van der Waals surface area (Å²) in [7, 11) is -2.17. The maximum absolute atomic E-state index is 13.4. The van der Waals surface area contributed by atoms with E-state index in [-0.39, 0.29) is 0 Å². The first-order valence-corrected chi connectivity index (χ1v) is 25.8. The highest BCUT2D eigenvalue weighted by Crippen LogP contribution is 2.56. The van der Waals surface area contributed by atoms with Crippen LogP contribution in [-0.4, -0.2) is 13.4 Å². The third kappa shape index (κ3) is 8.18. The lowest BCUT2D eigenvalue weighted by Gasteiger charge is -2.34. The van der Waals surface area contributed by atoms with E-state index in [9.17, 15) is 5.11 Å². The molecular formula is C53H74O2Si. The molecule has 6 rings (SSSR count). The summed E-state index contributed by atoms with van der Waals surface area (Å²) in [5.74, 6) is 3.70. The van der Waals surface area contributed by atoms with Gasteiger partial charge in [-0.15, -0.1) is 0 Å². The summed E-state index contributed by atoms with van der Waals surface area (Å²) in [6, 6.07) is 14.8. The number of hydrogen-bond donors (Lipinski definition) is 1. The molecule has 0 radical (unpaired) electrons. The Bertz CT molecular complexity index is 2030. The van der Waals surface area contributed by atoms with Gasteiger partial charge in [-0.2, -0.15) is 0 Å². The molecule has 0 heterocycles. The molecule has 4 aromatic carbocycles. The quantitative estimate of drug-likeness (QED) is 0.154. The van der Waals surface area contributed by atoms with Crippen molar-refractivity contribution < 1.29 is 9.53 Å². The van der Waals surface area contributed by atoms with Gasteiger partial charge in [0.1, 0.15) is 11.5 Å². The van der Waals surface area contributed by atoms with Gasteiger partial charge in [0.15, 0.2) is 0 Å². The van der Waals surface area contributed by atoms with E-state index >= 15 is 0 Å². The molecule has 0 aromatic heterocycles. The minimum absolute atomic E-state index is 0.319.